The summed E-state index contributed by atoms with van der Waals surface area (Å²) >= 11 is 0. The zero-order valence-electron chi connectivity index (χ0n) is 11.6. The quantitative estimate of drug-likeness (QED) is 0.741. The summed E-state index contributed by atoms with van der Waals surface area (Å²) in [4.78, 5) is 12.8. The number of nitrogens with two attached hydrogens (primary N) is 1. The van der Waals surface area contributed by atoms with E-state index in [-0.39, 0.29) is 6.04 Å². The Labute approximate surface area is 113 Å². The Morgan fingerprint density at radius 1 is 1.47 bits per heavy atom. The molecule has 0 saturated carbocycles. The lowest BCUT2D eigenvalue weighted by molar-refractivity contribution is -0.273. The van der Waals surface area contributed by atoms with Gasteiger partial charge in [0.25, 0.3) is 0 Å². The van der Waals surface area contributed by atoms with Crippen molar-refractivity contribution in [1.29, 1.82) is 0 Å². The molecule has 0 aliphatic carbocycles. The fourth-order valence-corrected chi connectivity index (χ4v) is 2.70. The number of nitrogens with zero attached hydrogens (tertiary/aromatic N) is 1. The molecule has 1 heterocycles. The Balaban J connectivity index is 2.28. The lowest BCUT2D eigenvalue weighted by Crippen LogP contribution is -2.59. The van der Waals surface area contributed by atoms with Crippen LogP contribution in [0.4, 0.5) is 16.2 Å². The molecule has 5 heteroatoms. The van der Waals surface area contributed by atoms with Crippen molar-refractivity contribution in [3.05, 3.63) is 23.8 Å². The van der Waals surface area contributed by atoms with Gasteiger partial charge in [-0.25, -0.2) is 0 Å². The van der Waals surface area contributed by atoms with E-state index in [4.69, 9.17) is 5.73 Å². The van der Waals surface area contributed by atoms with Crippen LogP contribution >= 0.6 is 0 Å². The van der Waals surface area contributed by atoms with Crippen LogP contribution in [0.2, 0.25) is 0 Å². The monoisotopic (exact) mass is 262 g/mol. The van der Waals surface area contributed by atoms with Crippen LogP contribution < -0.4 is 16.2 Å². The number of fused-ring (bicyclic) bond motifs is 1. The minimum absolute atomic E-state index is 0.140. The topological polar surface area (TPSA) is 81.4 Å². The number of nitrogens with one attached hydrogen (secondary N) is 1. The van der Waals surface area contributed by atoms with E-state index in [1.54, 1.807) is 0 Å². The third-order valence-electron chi connectivity index (χ3n) is 3.44. The molecule has 1 aliphatic heterocycles. The van der Waals surface area contributed by atoms with Crippen LogP contribution in [0.5, 0.6) is 0 Å². The molecule has 2 rings (SSSR count). The molecule has 1 aromatic rings. The molecule has 1 aliphatic rings. The third kappa shape index (κ3) is 2.59. The van der Waals surface area contributed by atoms with Gasteiger partial charge in [0.15, 0.2) is 0 Å². The highest BCUT2D eigenvalue weighted by Crippen LogP contribution is 2.31. The van der Waals surface area contributed by atoms with Gasteiger partial charge in [-0.1, -0.05) is 12.1 Å². The summed E-state index contributed by atoms with van der Waals surface area (Å²) in [7, 11) is 0. The van der Waals surface area contributed by atoms with Gasteiger partial charge in [0.05, 0.1) is 17.4 Å². The van der Waals surface area contributed by atoms with Gasteiger partial charge in [0.1, 0.15) is 6.09 Å². The second-order valence-electron chi connectivity index (χ2n) is 5.93. The van der Waals surface area contributed by atoms with E-state index >= 15 is 0 Å². The molecule has 1 amide bonds. The van der Waals surface area contributed by atoms with Gasteiger partial charge in [-0.3, -0.25) is 0 Å². The van der Waals surface area contributed by atoms with Crippen molar-refractivity contribution in [3.63, 3.8) is 0 Å². The van der Waals surface area contributed by atoms with E-state index < -0.39 is 11.6 Å². The van der Waals surface area contributed by atoms with Crippen LogP contribution in [0.15, 0.2) is 18.2 Å². The zero-order valence-corrected chi connectivity index (χ0v) is 11.6. The lowest BCUT2D eigenvalue weighted by Gasteiger charge is -2.45. The zero-order chi connectivity index (χ0) is 14.2. The second-order valence-corrected chi connectivity index (χ2v) is 5.93. The fourth-order valence-electron chi connectivity index (χ4n) is 2.70. The lowest BCUT2D eigenvalue weighted by atomic mass is 9.94. The number of rotatable bonds is 1. The first-order valence-electron chi connectivity index (χ1n) is 6.42. The molecule has 3 N–H and O–H groups in total. The molecule has 1 aromatic carbocycles. The van der Waals surface area contributed by atoms with E-state index in [2.05, 4.69) is 5.32 Å². The number of anilines is 2. The van der Waals surface area contributed by atoms with Crippen LogP contribution in [0, 0.1) is 0 Å². The maximum absolute atomic E-state index is 11.4. The second kappa shape index (κ2) is 4.64. The number of benzene rings is 1. The Hall–Kier alpha value is -1.91. The number of carboxylic acid groups (broad SMARTS) is 1. The first kappa shape index (κ1) is 13.5. The minimum Gasteiger partial charge on any atom is -0.530 e. The Bertz CT molecular complexity index is 494. The first-order valence-corrected chi connectivity index (χ1v) is 6.42. The highest BCUT2D eigenvalue weighted by Gasteiger charge is 2.31. The van der Waals surface area contributed by atoms with Crippen LogP contribution in [0.3, 0.4) is 0 Å². The number of carbonyl (C=O) groups excluding carboxylic acids is 1. The summed E-state index contributed by atoms with van der Waals surface area (Å²) in [6, 6.07) is 5.56. The molecule has 5 nitrogen and oxygen atoms in total. The summed E-state index contributed by atoms with van der Waals surface area (Å²) in [5.74, 6) is 0. The van der Waals surface area contributed by atoms with Crippen molar-refractivity contribution in [1.82, 2.24) is 4.90 Å². The van der Waals surface area contributed by atoms with E-state index in [1.807, 2.05) is 39.0 Å². The average Bonchev–Trinajstić information content (AvgIpc) is 2.26. The Kier molecular flexibility index (Phi) is 3.30. The maximum Gasteiger partial charge on any atom is 0.137 e. The SMILES string of the molecule is CC(C)(C)N(C(=O)[O-])C1CNc2c(N)cccc2C1. The van der Waals surface area contributed by atoms with Gasteiger partial charge in [-0.05, 0) is 38.8 Å². The van der Waals surface area contributed by atoms with E-state index in [1.165, 1.54) is 4.90 Å². The summed E-state index contributed by atoms with van der Waals surface area (Å²) in [6.07, 6.45) is -0.481. The minimum atomic E-state index is -1.13. The number of carbonyl (C=O) groups is 1. The summed E-state index contributed by atoms with van der Waals surface area (Å²) in [5, 5.41) is 14.6. The highest BCUT2D eigenvalue weighted by atomic mass is 16.4. The number of hydrogen-bond acceptors (Lipinski definition) is 4. The molecule has 0 aromatic heterocycles. The molecule has 0 fully saturated rings. The number of amides is 1. The predicted molar refractivity (Wildman–Crippen MR) is 73.8 cm³/mol. The summed E-state index contributed by atoms with van der Waals surface area (Å²) in [6.45, 7) is 6.17. The summed E-state index contributed by atoms with van der Waals surface area (Å²) < 4.78 is 0. The van der Waals surface area contributed by atoms with Crippen LogP contribution in [0.1, 0.15) is 26.3 Å². The van der Waals surface area contributed by atoms with Crippen molar-refractivity contribution in [2.75, 3.05) is 17.6 Å². The van der Waals surface area contributed by atoms with Gasteiger partial charge in [-0.2, -0.15) is 0 Å². The average molecular weight is 262 g/mol. The molecular weight excluding hydrogens is 242 g/mol. The van der Waals surface area contributed by atoms with E-state index in [0.29, 0.717) is 18.7 Å². The Morgan fingerprint density at radius 3 is 2.74 bits per heavy atom. The molecule has 0 saturated heterocycles. The highest BCUT2D eigenvalue weighted by molar-refractivity contribution is 5.72. The number of para-hydroxylation sites is 1. The normalized spacial score (nSPS) is 18.4. The van der Waals surface area contributed by atoms with Crippen molar-refractivity contribution < 1.29 is 9.90 Å². The fraction of sp³-hybridized carbons (Fsp3) is 0.500. The van der Waals surface area contributed by atoms with E-state index in [0.717, 1.165) is 11.3 Å². The predicted octanol–water partition coefficient (Wildman–Crippen LogP) is 1.05. The largest absolute Gasteiger partial charge is 0.530 e. The van der Waals surface area contributed by atoms with Crippen LogP contribution in [-0.4, -0.2) is 29.1 Å². The third-order valence-corrected chi connectivity index (χ3v) is 3.44. The van der Waals surface area contributed by atoms with Gasteiger partial charge < -0.3 is 25.9 Å². The van der Waals surface area contributed by atoms with Crippen LogP contribution in [0.25, 0.3) is 0 Å². The molecule has 1 unspecified atom stereocenters. The van der Waals surface area contributed by atoms with Crippen LogP contribution in [-0.2, 0) is 6.42 Å². The van der Waals surface area contributed by atoms with E-state index in [9.17, 15) is 9.90 Å². The standard InChI is InChI=1S/C14H21N3O2/c1-14(2,3)17(13(18)19)10-7-9-5-4-6-11(15)12(9)16-8-10/h4-6,10,16H,7-8,15H2,1-3H3,(H,18,19)/p-1. The molecule has 0 radical (unpaired) electrons. The maximum atomic E-state index is 11.4. The van der Waals surface area contributed by atoms with Gasteiger partial charge >= 0.3 is 0 Å². The molecule has 0 bridgehead atoms. The molecule has 104 valence electrons. The number of nitrogen functional groups attached to an aromatic ring is 1. The van der Waals surface area contributed by atoms with Crippen molar-refractivity contribution in [2.45, 2.75) is 38.8 Å². The smallest absolute Gasteiger partial charge is 0.137 e. The molecule has 0 spiro atoms. The van der Waals surface area contributed by atoms with Crippen molar-refractivity contribution >= 4 is 17.5 Å². The molecule has 1 atom stereocenters. The van der Waals surface area contributed by atoms with Gasteiger partial charge in [0.2, 0.25) is 0 Å². The van der Waals surface area contributed by atoms with Crippen molar-refractivity contribution in [3.8, 4) is 0 Å². The summed E-state index contributed by atoms with van der Waals surface area (Å²) in [5.41, 5.74) is 8.09. The Morgan fingerprint density at radius 2 is 2.16 bits per heavy atom. The molecular formula is C14H20N3O2-. The first-order chi connectivity index (χ1) is 8.80. The van der Waals surface area contributed by atoms with Crippen molar-refractivity contribution in [2.24, 2.45) is 0 Å². The number of hydrogen-bond donors (Lipinski definition) is 2. The van der Waals surface area contributed by atoms with Gasteiger partial charge in [0, 0.05) is 12.1 Å². The molecule has 19 heavy (non-hydrogen) atoms. The van der Waals surface area contributed by atoms with Gasteiger partial charge in [-0.15, -0.1) is 0 Å².